The Labute approximate surface area is 202 Å². The van der Waals surface area contributed by atoms with Crippen LogP contribution in [-0.4, -0.2) is 36.8 Å². The zero-order valence-electron chi connectivity index (χ0n) is 18.4. The van der Waals surface area contributed by atoms with E-state index in [0.717, 1.165) is 11.1 Å². The highest BCUT2D eigenvalue weighted by atomic mass is 35.5. The van der Waals surface area contributed by atoms with Gasteiger partial charge in [-0.25, -0.2) is 9.78 Å². The van der Waals surface area contributed by atoms with Gasteiger partial charge in [-0.15, -0.1) is 0 Å². The van der Waals surface area contributed by atoms with E-state index in [1.807, 2.05) is 37.3 Å². The zero-order chi connectivity index (χ0) is 23.5. The second kappa shape index (κ2) is 9.72. The topological polar surface area (TPSA) is 79.8 Å². The summed E-state index contributed by atoms with van der Waals surface area (Å²) in [6.45, 7) is 3.10. The van der Waals surface area contributed by atoms with Crippen molar-refractivity contribution < 1.29 is 14.3 Å². The summed E-state index contributed by atoms with van der Waals surface area (Å²) in [4.78, 5) is 25.9. The van der Waals surface area contributed by atoms with Gasteiger partial charge in [0.05, 0.1) is 33.0 Å². The van der Waals surface area contributed by atoms with Crippen LogP contribution in [0.2, 0.25) is 10.0 Å². The second-order valence-corrected chi connectivity index (χ2v) is 8.03. The molecule has 2 aromatic carbocycles. The van der Waals surface area contributed by atoms with Gasteiger partial charge >= 0.3 is 6.03 Å². The summed E-state index contributed by atoms with van der Waals surface area (Å²) in [7, 11) is 2.98. The van der Waals surface area contributed by atoms with E-state index >= 15 is 0 Å². The van der Waals surface area contributed by atoms with E-state index in [4.69, 9.17) is 32.7 Å². The minimum Gasteiger partial charge on any atom is -0.495 e. The number of aromatic nitrogens is 2. The van der Waals surface area contributed by atoms with Crippen LogP contribution in [0.3, 0.4) is 0 Å². The van der Waals surface area contributed by atoms with Crippen molar-refractivity contribution in [2.24, 2.45) is 0 Å². The van der Waals surface area contributed by atoms with Gasteiger partial charge in [-0.2, -0.15) is 4.98 Å². The number of carbonyl (C=O) groups excluding carboxylic acids is 1. The number of fused-ring (bicyclic) bond motifs is 1. The number of halogens is 2. The first-order chi connectivity index (χ1) is 16.0. The van der Waals surface area contributed by atoms with Crippen molar-refractivity contribution >= 4 is 46.7 Å². The molecule has 0 fully saturated rings. The first-order valence-electron chi connectivity index (χ1n) is 10.3. The number of amides is 2. The van der Waals surface area contributed by atoms with Crippen molar-refractivity contribution in [3.05, 3.63) is 63.8 Å². The highest BCUT2D eigenvalue weighted by Crippen LogP contribution is 2.48. The summed E-state index contributed by atoms with van der Waals surface area (Å²) in [5.41, 5.74) is 2.00. The SMILES string of the molecule is CCNc1ncc2c(n1)N(Cc1ccccc1)C(=O)N(c1c(Cl)c(OC)cc(OC)c1Cl)C2. The Morgan fingerprint density at radius 3 is 2.36 bits per heavy atom. The fourth-order valence-corrected chi connectivity index (χ4v) is 4.36. The van der Waals surface area contributed by atoms with E-state index in [9.17, 15) is 4.79 Å². The van der Waals surface area contributed by atoms with E-state index in [1.54, 1.807) is 17.2 Å². The lowest BCUT2D eigenvalue weighted by Crippen LogP contribution is -2.48. The van der Waals surface area contributed by atoms with Crippen LogP contribution in [0.15, 0.2) is 42.6 Å². The van der Waals surface area contributed by atoms with Crippen LogP contribution in [0.1, 0.15) is 18.1 Å². The molecular formula is C23H23Cl2N5O3. The molecule has 2 amide bonds. The third-order valence-electron chi connectivity index (χ3n) is 5.23. The Balaban J connectivity index is 1.85. The van der Waals surface area contributed by atoms with Crippen LogP contribution in [0.25, 0.3) is 0 Å². The van der Waals surface area contributed by atoms with Gasteiger partial charge in [0.15, 0.2) is 0 Å². The number of nitrogens with one attached hydrogen (secondary N) is 1. The summed E-state index contributed by atoms with van der Waals surface area (Å²) >= 11 is 13.2. The molecule has 1 N–H and O–H groups in total. The van der Waals surface area contributed by atoms with Crippen LogP contribution < -0.4 is 24.6 Å². The van der Waals surface area contributed by atoms with Crippen molar-refractivity contribution in [3.8, 4) is 11.5 Å². The molecule has 0 atom stereocenters. The maximum atomic E-state index is 13.8. The standard InChI is InChI=1S/C23H23Cl2N5O3/c1-4-26-22-27-11-15-13-29(20-18(24)16(32-2)10-17(33-3)19(20)25)23(31)30(21(15)28-22)12-14-8-6-5-7-9-14/h5-11H,4,12-13H2,1-3H3,(H,26,27,28). The molecule has 8 nitrogen and oxygen atoms in total. The Bertz CT molecular complexity index is 1150. The number of carbonyl (C=O) groups is 1. The van der Waals surface area contributed by atoms with Crippen molar-refractivity contribution in [3.63, 3.8) is 0 Å². The van der Waals surface area contributed by atoms with Crippen molar-refractivity contribution in [2.75, 3.05) is 35.9 Å². The number of benzene rings is 2. The molecule has 1 aliphatic heterocycles. The Kier molecular flexibility index (Phi) is 6.76. The summed E-state index contributed by atoms with van der Waals surface area (Å²) in [6, 6.07) is 10.9. The third-order valence-corrected chi connectivity index (χ3v) is 5.96. The van der Waals surface area contributed by atoms with Crippen LogP contribution in [0.5, 0.6) is 11.5 Å². The fourth-order valence-electron chi connectivity index (χ4n) is 3.65. The monoisotopic (exact) mass is 487 g/mol. The Hall–Kier alpha value is -3.23. The number of rotatable bonds is 7. The van der Waals surface area contributed by atoms with E-state index < -0.39 is 0 Å². The lowest BCUT2D eigenvalue weighted by Gasteiger charge is -2.37. The normalized spacial score (nSPS) is 13.1. The number of hydrogen-bond acceptors (Lipinski definition) is 6. The number of urea groups is 1. The second-order valence-electron chi connectivity index (χ2n) is 7.27. The molecule has 2 heterocycles. The quantitative estimate of drug-likeness (QED) is 0.481. The third kappa shape index (κ3) is 4.36. The number of methoxy groups -OCH3 is 2. The summed E-state index contributed by atoms with van der Waals surface area (Å²) in [6.07, 6.45) is 1.71. The van der Waals surface area contributed by atoms with E-state index in [2.05, 4.69) is 15.3 Å². The smallest absolute Gasteiger partial charge is 0.330 e. The molecule has 1 aliphatic rings. The molecule has 0 aliphatic carbocycles. The van der Waals surface area contributed by atoms with Gasteiger partial charge in [0.1, 0.15) is 27.4 Å². The summed E-state index contributed by atoms with van der Waals surface area (Å²) in [5, 5.41) is 3.52. The summed E-state index contributed by atoms with van der Waals surface area (Å²) in [5.74, 6) is 1.68. The average molecular weight is 488 g/mol. The van der Waals surface area contributed by atoms with Gasteiger partial charge in [-0.3, -0.25) is 9.80 Å². The summed E-state index contributed by atoms with van der Waals surface area (Å²) < 4.78 is 10.8. The molecule has 0 saturated heterocycles. The van der Waals surface area contributed by atoms with Crippen molar-refractivity contribution in [1.82, 2.24) is 9.97 Å². The van der Waals surface area contributed by atoms with E-state index in [0.29, 0.717) is 42.0 Å². The molecule has 0 bridgehead atoms. The van der Waals surface area contributed by atoms with Crippen molar-refractivity contribution in [1.29, 1.82) is 0 Å². The molecule has 1 aromatic heterocycles. The van der Waals surface area contributed by atoms with Crippen LogP contribution >= 0.6 is 23.2 Å². The van der Waals surface area contributed by atoms with E-state index in [1.165, 1.54) is 19.1 Å². The first-order valence-corrected chi connectivity index (χ1v) is 11.1. The molecule has 0 saturated carbocycles. The largest absolute Gasteiger partial charge is 0.495 e. The highest BCUT2D eigenvalue weighted by molar-refractivity contribution is 6.42. The average Bonchev–Trinajstić information content (AvgIpc) is 2.83. The first kappa shape index (κ1) is 22.9. The lowest BCUT2D eigenvalue weighted by atomic mass is 10.1. The number of anilines is 3. The molecule has 172 valence electrons. The molecule has 3 aromatic rings. The van der Waals surface area contributed by atoms with Gasteiger partial charge in [-0.1, -0.05) is 53.5 Å². The van der Waals surface area contributed by atoms with Crippen LogP contribution in [0.4, 0.5) is 22.2 Å². The van der Waals surface area contributed by atoms with Gasteiger partial charge in [0.2, 0.25) is 5.95 Å². The Morgan fingerprint density at radius 2 is 1.76 bits per heavy atom. The van der Waals surface area contributed by atoms with Gasteiger partial charge in [0, 0.05) is 24.4 Å². The molecule has 4 rings (SSSR count). The molecule has 0 unspecified atom stereocenters. The fraction of sp³-hybridized carbons (Fsp3) is 0.261. The lowest BCUT2D eigenvalue weighted by molar-refractivity contribution is 0.249. The molecule has 10 heteroatoms. The molecule has 0 spiro atoms. The maximum Gasteiger partial charge on any atom is 0.330 e. The van der Waals surface area contributed by atoms with Gasteiger partial charge in [-0.05, 0) is 12.5 Å². The number of ether oxygens (including phenoxy) is 2. The molecule has 0 radical (unpaired) electrons. The van der Waals surface area contributed by atoms with Gasteiger partial charge < -0.3 is 14.8 Å². The maximum absolute atomic E-state index is 13.8. The van der Waals surface area contributed by atoms with Crippen LogP contribution in [-0.2, 0) is 13.1 Å². The zero-order valence-corrected chi connectivity index (χ0v) is 19.9. The minimum absolute atomic E-state index is 0.182. The minimum atomic E-state index is -0.327. The van der Waals surface area contributed by atoms with Crippen LogP contribution in [0, 0.1) is 0 Å². The molecule has 33 heavy (non-hydrogen) atoms. The van der Waals surface area contributed by atoms with Crippen molar-refractivity contribution in [2.45, 2.75) is 20.0 Å². The number of nitrogens with zero attached hydrogens (tertiary/aromatic N) is 4. The highest BCUT2D eigenvalue weighted by Gasteiger charge is 2.36. The Morgan fingerprint density at radius 1 is 1.09 bits per heavy atom. The van der Waals surface area contributed by atoms with Gasteiger partial charge in [0.25, 0.3) is 0 Å². The predicted molar refractivity (Wildman–Crippen MR) is 130 cm³/mol. The predicted octanol–water partition coefficient (Wildman–Crippen LogP) is 5.38. The molecular weight excluding hydrogens is 465 g/mol. The number of hydrogen-bond donors (Lipinski definition) is 1. The van der Waals surface area contributed by atoms with E-state index in [-0.39, 0.29) is 22.6 Å².